The van der Waals surface area contributed by atoms with Crippen LogP contribution < -0.4 is 5.32 Å². The van der Waals surface area contributed by atoms with Crippen molar-refractivity contribution in [2.45, 2.75) is 27.2 Å². The smallest absolute Gasteiger partial charge is 0.341 e. The van der Waals surface area contributed by atoms with E-state index < -0.39 is 5.97 Å². The highest BCUT2D eigenvalue weighted by molar-refractivity contribution is 7.16. The van der Waals surface area contributed by atoms with Crippen LogP contribution >= 0.6 is 11.3 Å². The lowest BCUT2D eigenvalue weighted by molar-refractivity contribution is -0.115. The molecule has 9 heteroatoms. The Morgan fingerprint density at radius 3 is 2.76 bits per heavy atom. The van der Waals surface area contributed by atoms with Crippen molar-refractivity contribution in [1.82, 2.24) is 20.6 Å². The molecule has 0 saturated heterocycles. The highest BCUT2D eigenvalue weighted by Crippen LogP contribution is 2.33. The minimum absolute atomic E-state index is 0.0191. The number of aryl methyl sites for hydroxylation is 1. The first-order valence-electron chi connectivity index (χ1n) is 6.32. The number of nitrogens with zero attached hydrogens (tertiary/aromatic N) is 3. The fraction of sp³-hybridized carbons (Fsp3) is 0.417. The number of H-pyrrole nitrogens is 1. The highest BCUT2D eigenvalue weighted by atomic mass is 32.1. The van der Waals surface area contributed by atoms with Gasteiger partial charge in [0.15, 0.2) is 5.82 Å². The molecule has 2 heterocycles. The number of nitrogens with one attached hydrogen (secondary N) is 2. The summed E-state index contributed by atoms with van der Waals surface area (Å²) in [5.74, 6) is -0.465. The lowest BCUT2D eigenvalue weighted by Crippen LogP contribution is -2.17. The summed E-state index contributed by atoms with van der Waals surface area (Å²) in [6.45, 7) is 5.73. The van der Waals surface area contributed by atoms with Crippen LogP contribution in [-0.2, 0) is 16.0 Å². The summed E-state index contributed by atoms with van der Waals surface area (Å²) in [5, 5.41) is 16.3. The number of esters is 1. The molecule has 0 aliphatic heterocycles. The molecule has 0 fully saturated rings. The molecule has 0 radical (unpaired) electrons. The molecule has 21 heavy (non-hydrogen) atoms. The van der Waals surface area contributed by atoms with Gasteiger partial charge in [0.1, 0.15) is 5.00 Å². The number of rotatable bonds is 5. The zero-order valence-corrected chi connectivity index (χ0v) is 12.7. The van der Waals surface area contributed by atoms with E-state index in [1.165, 1.54) is 11.3 Å². The Balaban J connectivity index is 2.17. The lowest BCUT2D eigenvalue weighted by atomic mass is 10.1. The van der Waals surface area contributed by atoms with Gasteiger partial charge in [-0.3, -0.25) is 4.79 Å². The fourth-order valence-corrected chi connectivity index (χ4v) is 2.80. The number of carbonyl (C=O) groups excluding carboxylic acids is 2. The van der Waals surface area contributed by atoms with Gasteiger partial charge in [-0.1, -0.05) is 5.21 Å². The second-order valence-electron chi connectivity index (χ2n) is 4.26. The molecule has 2 rings (SSSR count). The van der Waals surface area contributed by atoms with E-state index in [2.05, 4.69) is 25.9 Å². The molecule has 0 bridgehead atoms. The Bertz CT molecular complexity index is 650. The van der Waals surface area contributed by atoms with E-state index in [-0.39, 0.29) is 24.8 Å². The molecular formula is C12H15N5O3S. The van der Waals surface area contributed by atoms with Crippen molar-refractivity contribution in [2.75, 3.05) is 11.9 Å². The third kappa shape index (κ3) is 3.43. The van der Waals surface area contributed by atoms with Crippen LogP contribution in [0.15, 0.2) is 0 Å². The van der Waals surface area contributed by atoms with Gasteiger partial charge in [0.2, 0.25) is 5.91 Å². The number of hydrogen-bond donors (Lipinski definition) is 2. The number of aromatic amines is 1. The van der Waals surface area contributed by atoms with Crippen LogP contribution in [0.3, 0.4) is 0 Å². The number of carbonyl (C=O) groups is 2. The number of ether oxygens (including phenoxy) is 1. The zero-order chi connectivity index (χ0) is 15.4. The number of tetrazole rings is 1. The van der Waals surface area contributed by atoms with Gasteiger partial charge in [0.25, 0.3) is 0 Å². The summed E-state index contributed by atoms with van der Waals surface area (Å²) in [4.78, 5) is 24.9. The first kappa shape index (κ1) is 15.1. The van der Waals surface area contributed by atoms with Crippen LogP contribution in [0.2, 0.25) is 0 Å². The number of aromatic nitrogens is 4. The Morgan fingerprint density at radius 1 is 1.38 bits per heavy atom. The number of thiophene rings is 1. The number of hydrogen-bond acceptors (Lipinski definition) is 7. The average molecular weight is 309 g/mol. The zero-order valence-electron chi connectivity index (χ0n) is 11.9. The summed E-state index contributed by atoms with van der Waals surface area (Å²) in [7, 11) is 0. The Kier molecular flexibility index (Phi) is 4.63. The Morgan fingerprint density at radius 2 is 2.14 bits per heavy atom. The fourth-order valence-electron chi connectivity index (χ4n) is 1.74. The molecule has 0 spiro atoms. The van der Waals surface area contributed by atoms with Crippen molar-refractivity contribution in [3.63, 3.8) is 0 Å². The van der Waals surface area contributed by atoms with Gasteiger partial charge in [-0.05, 0) is 26.3 Å². The quantitative estimate of drug-likeness (QED) is 0.804. The van der Waals surface area contributed by atoms with Crippen LogP contribution in [0.4, 0.5) is 5.00 Å². The van der Waals surface area contributed by atoms with Crippen LogP contribution in [0.1, 0.15) is 33.5 Å². The minimum Gasteiger partial charge on any atom is -0.462 e. The van der Waals surface area contributed by atoms with E-state index in [0.29, 0.717) is 10.6 Å². The van der Waals surface area contributed by atoms with Crippen LogP contribution in [0, 0.1) is 13.8 Å². The summed E-state index contributed by atoms with van der Waals surface area (Å²) < 4.78 is 5.03. The van der Waals surface area contributed by atoms with Gasteiger partial charge in [-0.15, -0.1) is 21.5 Å². The third-order valence-corrected chi connectivity index (χ3v) is 3.95. The van der Waals surface area contributed by atoms with Crippen molar-refractivity contribution < 1.29 is 14.3 Å². The van der Waals surface area contributed by atoms with Crippen molar-refractivity contribution in [3.05, 3.63) is 21.8 Å². The van der Waals surface area contributed by atoms with E-state index in [0.717, 1.165) is 10.4 Å². The first-order chi connectivity index (χ1) is 10.0. The molecule has 0 saturated carbocycles. The predicted octanol–water partition coefficient (Wildman–Crippen LogP) is 1.24. The van der Waals surface area contributed by atoms with E-state index in [4.69, 9.17) is 4.74 Å². The molecule has 1 amide bonds. The van der Waals surface area contributed by atoms with E-state index in [1.807, 2.05) is 13.8 Å². The van der Waals surface area contributed by atoms with E-state index in [9.17, 15) is 9.59 Å². The molecule has 0 aromatic carbocycles. The second-order valence-corrected chi connectivity index (χ2v) is 5.49. The molecule has 0 aliphatic rings. The van der Waals surface area contributed by atoms with Crippen molar-refractivity contribution in [2.24, 2.45) is 0 Å². The molecule has 2 aromatic rings. The summed E-state index contributed by atoms with van der Waals surface area (Å²) in [6, 6.07) is 0. The topological polar surface area (TPSA) is 110 Å². The standard InChI is InChI=1S/C12H15N5O3S/c1-4-20-12(19)10-6(2)7(3)21-11(10)13-9(18)5-8-14-16-17-15-8/h4-5H2,1-3H3,(H,13,18)(H,14,15,16,17). The normalized spacial score (nSPS) is 10.4. The van der Waals surface area contributed by atoms with Gasteiger partial charge in [0.05, 0.1) is 18.6 Å². The Labute approximate surface area is 124 Å². The molecule has 8 nitrogen and oxygen atoms in total. The first-order valence-corrected chi connectivity index (χ1v) is 7.13. The predicted molar refractivity (Wildman–Crippen MR) is 76.3 cm³/mol. The van der Waals surface area contributed by atoms with E-state index >= 15 is 0 Å². The lowest BCUT2D eigenvalue weighted by Gasteiger charge is -2.06. The van der Waals surface area contributed by atoms with Crippen LogP contribution in [0.5, 0.6) is 0 Å². The second kappa shape index (κ2) is 6.44. The summed E-state index contributed by atoms with van der Waals surface area (Å²) in [5.41, 5.74) is 1.22. The average Bonchev–Trinajstić information content (AvgIpc) is 2.99. The third-order valence-electron chi connectivity index (χ3n) is 2.83. The molecular weight excluding hydrogens is 294 g/mol. The molecule has 0 atom stereocenters. The van der Waals surface area contributed by atoms with Crippen molar-refractivity contribution >= 4 is 28.2 Å². The van der Waals surface area contributed by atoms with Crippen molar-refractivity contribution in [1.29, 1.82) is 0 Å². The van der Waals surface area contributed by atoms with E-state index in [1.54, 1.807) is 6.92 Å². The monoisotopic (exact) mass is 309 g/mol. The van der Waals surface area contributed by atoms with Gasteiger partial charge in [0, 0.05) is 4.88 Å². The number of amides is 1. The molecule has 2 aromatic heterocycles. The molecule has 0 unspecified atom stereocenters. The maximum absolute atomic E-state index is 12.0. The maximum atomic E-state index is 12.0. The summed E-state index contributed by atoms with van der Waals surface area (Å²) in [6.07, 6.45) is -0.0191. The van der Waals surface area contributed by atoms with Crippen molar-refractivity contribution in [3.8, 4) is 0 Å². The molecule has 0 aliphatic carbocycles. The SMILES string of the molecule is CCOC(=O)c1c(NC(=O)Cc2nn[nH]n2)sc(C)c1C. The van der Waals surface area contributed by atoms with Gasteiger partial charge < -0.3 is 10.1 Å². The van der Waals surface area contributed by atoms with Crippen LogP contribution in [0.25, 0.3) is 0 Å². The molecule has 2 N–H and O–H groups in total. The minimum atomic E-state index is -0.436. The van der Waals surface area contributed by atoms with Crippen LogP contribution in [-0.4, -0.2) is 39.1 Å². The van der Waals surface area contributed by atoms with Gasteiger partial charge in [-0.25, -0.2) is 4.79 Å². The summed E-state index contributed by atoms with van der Waals surface area (Å²) >= 11 is 1.34. The largest absolute Gasteiger partial charge is 0.462 e. The number of anilines is 1. The highest BCUT2D eigenvalue weighted by Gasteiger charge is 2.22. The maximum Gasteiger partial charge on any atom is 0.341 e. The molecule has 112 valence electrons. The Hall–Kier alpha value is -2.29. The van der Waals surface area contributed by atoms with Gasteiger partial charge >= 0.3 is 5.97 Å². The van der Waals surface area contributed by atoms with Gasteiger partial charge in [-0.2, -0.15) is 5.21 Å².